The van der Waals surface area contributed by atoms with Gasteiger partial charge in [-0.15, -0.1) is 0 Å². The Hall–Kier alpha value is -4.83. The Kier molecular flexibility index (Phi) is 17.2. The second kappa shape index (κ2) is 19.4. The van der Waals surface area contributed by atoms with Gasteiger partial charge >= 0.3 is 0 Å². The van der Waals surface area contributed by atoms with Crippen molar-refractivity contribution in [2.75, 3.05) is 19.4 Å². The van der Waals surface area contributed by atoms with E-state index in [1.165, 1.54) is 0 Å². The topological polar surface area (TPSA) is 169 Å². The zero-order valence-electron chi connectivity index (χ0n) is 28.0. The van der Waals surface area contributed by atoms with Crippen LogP contribution >= 0.6 is 0 Å². The first kappa shape index (κ1) is 39.2. The van der Waals surface area contributed by atoms with Crippen molar-refractivity contribution in [3.8, 4) is 12.1 Å². The van der Waals surface area contributed by atoms with Crippen molar-refractivity contribution in [3.63, 3.8) is 0 Å². The molecule has 0 aliphatic rings. The smallest absolute Gasteiger partial charge is 0.255 e. The van der Waals surface area contributed by atoms with Crippen LogP contribution in [0.4, 0.5) is 5.69 Å². The quantitative estimate of drug-likeness (QED) is 0.100. The van der Waals surface area contributed by atoms with Gasteiger partial charge in [0, 0.05) is 53.9 Å². The lowest BCUT2D eigenvalue weighted by Crippen LogP contribution is -2.21. The molecule has 10 nitrogen and oxygen atoms in total. The summed E-state index contributed by atoms with van der Waals surface area (Å²) in [6.07, 6.45) is 5.79. The molecule has 1 aromatic rings. The van der Waals surface area contributed by atoms with Gasteiger partial charge in [0.2, 0.25) is 0 Å². The number of anilines is 1. The van der Waals surface area contributed by atoms with Crippen LogP contribution in [0, 0.1) is 40.9 Å². The molecule has 4 N–H and O–H groups in total. The maximum absolute atomic E-state index is 13.0. The van der Waals surface area contributed by atoms with Crippen molar-refractivity contribution >= 4 is 35.3 Å². The minimum Gasteiger partial charge on any atom is -0.401 e. The number of nitriles is 2. The van der Waals surface area contributed by atoms with Crippen LogP contribution in [0.3, 0.4) is 0 Å². The molecule has 236 valence electrons. The minimum absolute atomic E-state index is 0.0139. The molecule has 0 aromatic heterocycles. The van der Waals surface area contributed by atoms with Crippen LogP contribution in [0.5, 0.6) is 0 Å². The number of rotatable bonds is 10. The third kappa shape index (κ3) is 13.0. The van der Waals surface area contributed by atoms with Crippen molar-refractivity contribution in [2.45, 2.75) is 74.8 Å². The number of hydrogen-bond acceptors (Lipinski definition) is 7. The molecule has 0 saturated heterocycles. The van der Waals surface area contributed by atoms with Crippen molar-refractivity contribution in [1.82, 2.24) is 5.32 Å². The molecule has 0 heterocycles. The van der Waals surface area contributed by atoms with Gasteiger partial charge in [-0.2, -0.15) is 10.5 Å². The maximum Gasteiger partial charge on any atom is 0.255 e. The van der Waals surface area contributed by atoms with Gasteiger partial charge in [-0.3, -0.25) is 14.8 Å². The van der Waals surface area contributed by atoms with Gasteiger partial charge < -0.3 is 21.2 Å². The first-order valence-electron chi connectivity index (χ1n) is 14.4. The molecule has 0 bridgehead atoms. The maximum atomic E-state index is 13.0. The number of aliphatic imine (C=N–C) groups is 3. The Bertz CT molecular complexity index is 1430. The number of benzene rings is 1. The van der Waals surface area contributed by atoms with E-state index >= 15 is 0 Å². The minimum atomic E-state index is -0.880. The van der Waals surface area contributed by atoms with Gasteiger partial charge in [0.1, 0.15) is 12.1 Å². The summed E-state index contributed by atoms with van der Waals surface area (Å²) < 4.78 is 0. The molecule has 0 radical (unpaired) electrons. The van der Waals surface area contributed by atoms with Crippen LogP contribution in [-0.4, -0.2) is 49.7 Å². The molecular weight excluding hydrogens is 552 g/mol. The number of likely N-dealkylation sites (N-methyl/N-ethyl adjacent to an activating group) is 1. The first-order valence-corrected chi connectivity index (χ1v) is 14.4. The van der Waals surface area contributed by atoms with Gasteiger partial charge in [0.15, 0.2) is 5.84 Å². The number of allylic oxidation sites excluding steroid dienone is 2. The van der Waals surface area contributed by atoms with E-state index in [4.69, 9.17) is 21.0 Å². The molecular formula is C34H48N8O2. The Labute approximate surface area is 263 Å². The standard InChI is InChI=1S/C31H45N7O.C3H3NO/c1-12-23(15-27(33)31(8,9)18-32)30(39)38-24-14-13-21(6)26(16-24)22(7)37-29(36-20(4)5)25(19(2)3)17-28(34-10)35-11;4-2-1-3-5/h12-17,19-20H,33H2,1-11H3,(H,34,35)(H,38,39);3H,1H2/b23-12+,25-17+,27-15-,36-29?,37-22?;. The fourth-order valence-corrected chi connectivity index (χ4v) is 3.54. The Morgan fingerprint density at radius 1 is 1.16 bits per heavy atom. The summed E-state index contributed by atoms with van der Waals surface area (Å²) in [5.41, 5.74) is 10.2. The summed E-state index contributed by atoms with van der Waals surface area (Å²) >= 11 is 0. The number of nitrogens with two attached hydrogens (primary N) is 1. The third-order valence-corrected chi connectivity index (χ3v) is 6.27. The van der Waals surface area contributed by atoms with E-state index in [9.17, 15) is 14.9 Å². The highest BCUT2D eigenvalue weighted by molar-refractivity contribution is 6.14. The molecule has 1 amide bonds. The molecule has 10 heteroatoms. The van der Waals surface area contributed by atoms with Crippen molar-refractivity contribution in [2.24, 2.45) is 32.0 Å². The molecule has 0 fully saturated rings. The van der Waals surface area contributed by atoms with E-state index in [-0.39, 0.29) is 24.3 Å². The molecule has 0 unspecified atom stereocenters. The zero-order valence-corrected chi connectivity index (χ0v) is 28.0. The average molecular weight is 601 g/mol. The van der Waals surface area contributed by atoms with Crippen molar-refractivity contribution in [3.05, 3.63) is 64.4 Å². The molecule has 0 atom stereocenters. The van der Waals surface area contributed by atoms with E-state index in [1.54, 1.807) is 46.0 Å². The summed E-state index contributed by atoms with van der Waals surface area (Å²) in [7, 11) is 3.58. The summed E-state index contributed by atoms with van der Waals surface area (Å²) in [5, 5.41) is 23.0. The second-order valence-electron chi connectivity index (χ2n) is 11.0. The van der Waals surface area contributed by atoms with E-state index < -0.39 is 5.41 Å². The zero-order chi connectivity index (χ0) is 34.0. The number of nitrogens with one attached hydrogen (secondary N) is 2. The highest BCUT2D eigenvalue weighted by Crippen LogP contribution is 2.23. The van der Waals surface area contributed by atoms with Crippen LogP contribution in [0.25, 0.3) is 0 Å². The van der Waals surface area contributed by atoms with Crippen molar-refractivity contribution in [1.29, 1.82) is 10.5 Å². The SMILES string of the molecule is C/C=C(\C=C(/N)C(C)(C)C#N)C(=O)Nc1ccc(C)c(C(C)=NC(=NC(C)C)/C(=C/C(=NC)NC)C(C)C)c1.N#CCC=O. The molecule has 0 aliphatic carbocycles. The molecule has 0 aliphatic heterocycles. The molecule has 0 saturated carbocycles. The lowest BCUT2D eigenvalue weighted by atomic mass is 9.90. The fraction of sp³-hybridized carbons (Fsp3) is 0.441. The van der Waals surface area contributed by atoms with Crippen LogP contribution in [0.15, 0.2) is 68.2 Å². The highest BCUT2D eigenvalue weighted by atomic mass is 16.1. The Balaban J connectivity index is 0.00000340. The summed E-state index contributed by atoms with van der Waals surface area (Å²) in [6.45, 7) is 17.4. The van der Waals surface area contributed by atoms with Crippen molar-refractivity contribution < 1.29 is 9.59 Å². The van der Waals surface area contributed by atoms with Crippen LogP contribution in [-0.2, 0) is 9.59 Å². The van der Waals surface area contributed by atoms with Crippen LogP contribution in [0.2, 0.25) is 0 Å². The van der Waals surface area contributed by atoms with Gasteiger partial charge in [-0.25, -0.2) is 4.99 Å². The predicted molar refractivity (Wildman–Crippen MR) is 182 cm³/mol. The normalized spacial score (nSPS) is 13.5. The molecule has 1 rings (SSSR count). The van der Waals surface area contributed by atoms with E-state index in [0.717, 1.165) is 28.2 Å². The Morgan fingerprint density at radius 2 is 1.80 bits per heavy atom. The number of amidine groups is 2. The van der Waals surface area contributed by atoms with E-state index in [0.29, 0.717) is 29.1 Å². The molecule has 1 aromatic carbocycles. The van der Waals surface area contributed by atoms with Gasteiger partial charge in [-0.1, -0.05) is 26.0 Å². The average Bonchev–Trinajstić information content (AvgIpc) is 2.97. The number of carbonyl (C=O) groups is 2. The predicted octanol–water partition coefficient (Wildman–Crippen LogP) is 5.82. The van der Waals surface area contributed by atoms with Gasteiger partial charge in [0.05, 0.1) is 24.0 Å². The van der Waals surface area contributed by atoms with E-state index in [1.807, 2.05) is 59.0 Å². The van der Waals surface area contributed by atoms with Gasteiger partial charge in [-0.05, 0) is 84.2 Å². The number of nitrogens with zero attached hydrogens (tertiary/aromatic N) is 5. The molecule has 44 heavy (non-hydrogen) atoms. The Morgan fingerprint density at radius 3 is 2.23 bits per heavy atom. The van der Waals surface area contributed by atoms with Crippen LogP contribution in [0.1, 0.15) is 72.9 Å². The summed E-state index contributed by atoms with van der Waals surface area (Å²) in [6, 6.07) is 9.56. The number of hydrogen-bond donors (Lipinski definition) is 3. The lowest BCUT2D eigenvalue weighted by Gasteiger charge is -2.17. The summed E-state index contributed by atoms with van der Waals surface area (Å²) in [4.78, 5) is 36.3. The number of amides is 1. The summed E-state index contributed by atoms with van der Waals surface area (Å²) in [5.74, 6) is 1.25. The van der Waals surface area contributed by atoms with E-state index in [2.05, 4.69) is 35.5 Å². The fourth-order valence-electron chi connectivity index (χ4n) is 3.54. The van der Waals surface area contributed by atoms with Gasteiger partial charge in [0.25, 0.3) is 5.91 Å². The van der Waals surface area contributed by atoms with Crippen LogP contribution < -0.4 is 16.4 Å². The second-order valence-corrected chi connectivity index (χ2v) is 11.0. The third-order valence-electron chi connectivity index (χ3n) is 6.27. The first-order chi connectivity index (χ1) is 20.6. The largest absolute Gasteiger partial charge is 0.401 e. The number of carbonyl (C=O) groups excluding carboxylic acids is 2. The molecule has 0 spiro atoms. The lowest BCUT2D eigenvalue weighted by molar-refractivity contribution is -0.112. The monoisotopic (exact) mass is 600 g/mol. The number of aldehydes is 1. The highest BCUT2D eigenvalue weighted by Gasteiger charge is 2.21. The number of aryl methyl sites for hydroxylation is 1.